The summed E-state index contributed by atoms with van der Waals surface area (Å²) in [5.74, 6) is -0.274. The van der Waals surface area contributed by atoms with Crippen LogP contribution in [0.3, 0.4) is 0 Å². The van der Waals surface area contributed by atoms with Crippen LogP contribution in [-0.2, 0) is 12.8 Å². The Balaban J connectivity index is 1.25. The fourth-order valence-electron chi connectivity index (χ4n) is 6.05. The van der Waals surface area contributed by atoms with E-state index in [1.807, 2.05) is 6.20 Å². The number of pyridine rings is 1. The lowest BCUT2D eigenvalue weighted by Crippen LogP contribution is -2.51. The first-order valence-corrected chi connectivity index (χ1v) is 14.5. The van der Waals surface area contributed by atoms with E-state index >= 15 is 0 Å². The van der Waals surface area contributed by atoms with Crippen LogP contribution in [0.2, 0.25) is 0 Å². The quantitative estimate of drug-likeness (QED) is 0.260. The zero-order valence-electron chi connectivity index (χ0n) is 24.1. The van der Waals surface area contributed by atoms with Crippen LogP contribution in [0, 0.1) is 17.0 Å². The molecule has 42 heavy (non-hydrogen) atoms. The van der Waals surface area contributed by atoms with E-state index in [1.165, 1.54) is 12.1 Å². The molecule has 3 aromatic heterocycles. The average molecular weight is 578 g/mol. The van der Waals surface area contributed by atoms with Crippen LogP contribution in [-0.4, -0.2) is 54.0 Å². The Morgan fingerprint density at radius 2 is 1.90 bits per heavy atom. The SMILES string of the molecule is CC(C)(C)Cc1cnc2c(c1)[C@@H](NC[C@@H](O)[C@H](Cc1cc(F)cc(F)c1)Nc1nccn3cnnc13)CC1(CCC1)O2. The Labute approximate surface area is 243 Å². The largest absolute Gasteiger partial charge is 0.471 e. The van der Waals surface area contributed by atoms with Crippen molar-refractivity contribution in [1.29, 1.82) is 0 Å². The molecule has 222 valence electrons. The van der Waals surface area contributed by atoms with Crippen LogP contribution in [0.4, 0.5) is 14.6 Å². The molecule has 1 spiro atoms. The summed E-state index contributed by atoms with van der Waals surface area (Å²) in [6.45, 7) is 6.82. The number of aliphatic hydroxyl groups excluding tert-OH is 1. The van der Waals surface area contributed by atoms with Gasteiger partial charge in [0.25, 0.3) is 0 Å². The van der Waals surface area contributed by atoms with Crippen LogP contribution in [0.25, 0.3) is 5.65 Å². The standard InChI is InChI=1S/C31H37F2N7O2/c1-30(2,3)14-20-11-23-25(15-31(5-4-6-31)42-29(23)36-16-20)35-17-26(41)24(12-19-9-21(32)13-22(33)10-19)38-27-28-39-37-18-40(28)8-7-34-27/h7-11,13,16,18,24-26,35,41H,4-6,12,14-15,17H2,1-3H3,(H,34,38)/t24-,25-,26+/m0/s1. The van der Waals surface area contributed by atoms with E-state index in [1.54, 1.807) is 23.1 Å². The van der Waals surface area contributed by atoms with Crippen LogP contribution in [0.15, 0.2) is 49.2 Å². The molecule has 0 radical (unpaired) electrons. The van der Waals surface area contributed by atoms with Gasteiger partial charge in [-0.05, 0) is 66.8 Å². The summed E-state index contributed by atoms with van der Waals surface area (Å²) < 4.78 is 36.3. The van der Waals surface area contributed by atoms with Gasteiger partial charge in [0.1, 0.15) is 23.6 Å². The topological polar surface area (TPSA) is 109 Å². The Hall–Kier alpha value is -3.70. The van der Waals surface area contributed by atoms with Gasteiger partial charge < -0.3 is 20.5 Å². The minimum atomic E-state index is -0.948. The number of hydrogen-bond acceptors (Lipinski definition) is 8. The summed E-state index contributed by atoms with van der Waals surface area (Å²) >= 11 is 0. The van der Waals surface area contributed by atoms with Gasteiger partial charge in [0, 0.05) is 49.2 Å². The zero-order chi connectivity index (χ0) is 29.5. The molecular formula is C31H37F2N7O2. The van der Waals surface area contributed by atoms with Gasteiger partial charge in [-0.25, -0.2) is 18.7 Å². The Morgan fingerprint density at radius 1 is 1.12 bits per heavy atom. The summed E-state index contributed by atoms with van der Waals surface area (Å²) in [5.41, 5.74) is 2.90. The molecule has 9 nitrogen and oxygen atoms in total. The van der Waals surface area contributed by atoms with Crippen molar-refractivity contribution in [1.82, 2.24) is 29.9 Å². The maximum absolute atomic E-state index is 14.1. The van der Waals surface area contributed by atoms with Gasteiger partial charge in [0.2, 0.25) is 11.5 Å². The minimum Gasteiger partial charge on any atom is -0.471 e. The van der Waals surface area contributed by atoms with E-state index in [9.17, 15) is 13.9 Å². The van der Waals surface area contributed by atoms with Crippen molar-refractivity contribution < 1.29 is 18.6 Å². The van der Waals surface area contributed by atoms with Gasteiger partial charge in [-0.1, -0.05) is 20.8 Å². The van der Waals surface area contributed by atoms with Gasteiger partial charge in [-0.15, -0.1) is 10.2 Å². The van der Waals surface area contributed by atoms with Gasteiger partial charge in [0.05, 0.1) is 12.1 Å². The molecule has 6 rings (SSSR count). The first-order chi connectivity index (χ1) is 20.1. The lowest BCUT2D eigenvalue weighted by Gasteiger charge is -2.47. The van der Waals surface area contributed by atoms with E-state index < -0.39 is 23.8 Å². The first kappa shape index (κ1) is 28.4. The molecule has 0 saturated heterocycles. The van der Waals surface area contributed by atoms with Crippen LogP contribution >= 0.6 is 0 Å². The van der Waals surface area contributed by atoms with Crippen molar-refractivity contribution in [2.75, 3.05) is 11.9 Å². The molecule has 0 unspecified atom stereocenters. The number of aromatic nitrogens is 5. The van der Waals surface area contributed by atoms with Crippen LogP contribution < -0.4 is 15.4 Å². The number of halogens is 2. The lowest BCUT2D eigenvalue weighted by molar-refractivity contribution is -0.0419. The number of aliphatic hydroxyl groups is 1. The molecule has 1 fully saturated rings. The number of rotatable bonds is 9. The first-order valence-electron chi connectivity index (χ1n) is 14.5. The second-order valence-corrected chi connectivity index (χ2v) is 12.9. The molecule has 11 heteroatoms. The Kier molecular flexibility index (Phi) is 7.57. The minimum absolute atomic E-state index is 0.0681. The van der Waals surface area contributed by atoms with Crippen molar-refractivity contribution >= 4 is 11.5 Å². The third-order valence-corrected chi connectivity index (χ3v) is 8.15. The number of hydrogen-bond donors (Lipinski definition) is 3. The molecule has 3 N–H and O–H groups in total. The normalized spacial score (nSPS) is 19.1. The summed E-state index contributed by atoms with van der Waals surface area (Å²) in [7, 11) is 0. The summed E-state index contributed by atoms with van der Waals surface area (Å²) in [4.78, 5) is 9.11. The molecule has 2 aliphatic rings. The van der Waals surface area contributed by atoms with Crippen LogP contribution in [0.1, 0.15) is 69.2 Å². The van der Waals surface area contributed by atoms with Crippen molar-refractivity contribution in [3.8, 4) is 5.88 Å². The highest BCUT2D eigenvalue weighted by Crippen LogP contribution is 2.48. The van der Waals surface area contributed by atoms with Gasteiger partial charge in [0.15, 0.2) is 5.82 Å². The molecule has 1 saturated carbocycles. The predicted molar refractivity (Wildman–Crippen MR) is 154 cm³/mol. The highest BCUT2D eigenvalue weighted by molar-refractivity contribution is 5.62. The number of nitrogens with zero attached hydrogens (tertiary/aromatic N) is 5. The maximum atomic E-state index is 14.1. The van der Waals surface area contributed by atoms with Crippen molar-refractivity contribution in [3.63, 3.8) is 0 Å². The summed E-state index contributed by atoms with van der Waals surface area (Å²) in [6, 6.07) is 4.85. The molecule has 4 aromatic rings. The number of ether oxygens (including phenoxy) is 1. The van der Waals surface area contributed by atoms with Gasteiger partial charge >= 0.3 is 0 Å². The number of benzene rings is 1. The van der Waals surface area contributed by atoms with E-state index in [0.717, 1.165) is 49.3 Å². The van der Waals surface area contributed by atoms with Crippen molar-refractivity contribution in [2.24, 2.45) is 5.41 Å². The summed E-state index contributed by atoms with van der Waals surface area (Å²) in [6.07, 6.45) is 10.7. The van der Waals surface area contributed by atoms with E-state index in [4.69, 9.17) is 9.72 Å². The van der Waals surface area contributed by atoms with Crippen LogP contribution in [0.5, 0.6) is 5.88 Å². The fourth-order valence-corrected chi connectivity index (χ4v) is 6.05. The highest BCUT2D eigenvalue weighted by Gasteiger charge is 2.46. The summed E-state index contributed by atoms with van der Waals surface area (Å²) in [5, 5.41) is 26.5. The van der Waals surface area contributed by atoms with Crippen molar-refractivity contribution in [3.05, 3.63) is 77.5 Å². The zero-order valence-corrected chi connectivity index (χ0v) is 24.1. The lowest BCUT2D eigenvalue weighted by atomic mass is 9.73. The Bertz CT molecular complexity index is 1550. The molecule has 1 aromatic carbocycles. The Morgan fingerprint density at radius 3 is 2.62 bits per heavy atom. The molecule has 4 heterocycles. The third-order valence-electron chi connectivity index (χ3n) is 8.15. The number of anilines is 1. The third kappa shape index (κ3) is 6.22. The molecule has 0 bridgehead atoms. The number of nitrogens with one attached hydrogen (secondary N) is 2. The smallest absolute Gasteiger partial charge is 0.218 e. The second kappa shape index (κ2) is 11.2. The van der Waals surface area contributed by atoms with Gasteiger partial charge in [-0.2, -0.15) is 0 Å². The van der Waals surface area contributed by atoms with E-state index in [0.29, 0.717) is 22.9 Å². The molecular weight excluding hydrogens is 540 g/mol. The van der Waals surface area contributed by atoms with Gasteiger partial charge in [-0.3, -0.25) is 4.40 Å². The molecule has 1 aliphatic carbocycles. The molecule has 0 amide bonds. The average Bonchev–Trinajstić information content (AvgIpc) is 3.39. The van der Waals surface area contributed by atoms with Crippen molar-refractivity contribution in [2.45, 2.75) is 83.1 Å². The molecule has 3 atom stereocenters. The monoisotopic (exact) mass is 577 g/mol. The molecule has 1 aliphatic heterocycles. The highest BCUT2D eigenvalue weighted by atomic mass is 19.1. The predicted octanol–water partition coefficient (Wildman–Crippen LogP) is 4.81. The maximum Gasteiger partial charge on any atom is 0.218 e. The van der Waals surface area contributed by atoms with E-state index in [-0.39, 0.29) is 30.0 Å². The van der Waals surface area contributed by atoms with E-state index in [2.05, 4.69) is 52.7 Å². The second-order valence-electron chi connectivity index (χ2n) is 12.9. The fraction of sp³-hybridized carbons (Fsp3) is 0.484. The number of fused-ring (bicyclic) bond motifs is 2.